The molecular weight excluding hydrogens is 334 g/mol. The molecule has 1 unspecified atom stereocenters. The number of hydrogen-bond acceptors (Lipinski definition) is 3. The first-order valence-corrected chi connectivity index (χ1v) is 9.92. The Labute approximate surface area is 161 Å². The van der Waals surface area contributed by atoms with Gasteiger partial charge in [-0.1, -0.05) is 36.4 Å². The minimum atomic E-state index is -0.0193. The van der Waals surface area contributed by atoms with E-state index < -0.39 is 0 Å². The SMILES string of the molecule is O=C(/C=C/c1cccnc1)NCCC1[C@H]2CN(CCc3ccccc3)C[C@@H]12. The van der Waals surface area contributed by atoms with E-state index >= 15 is 0 Å². The Hall–Kier alpha value is -2.46. The first kappa shape index (κ1) is 17.9. The second-order valence-electron chi connectivity index (χ2n) is 7.69. The number of carbonyl (C=O) groups is 1. The van der Waals surface area contributed by atoms with Crippen molar-refractivity contribution in [2.45, 2.75) is 12.8 Å². The summed E-state index contributed by atoms with van der Waals surface area (Å²) in [6.07, 6.45) is 9.12. The predicted octanol–water partition coefficient (Wildman–Crippen LogP) is 3.02. The van der Waals surface area contributed by atoms with E-state index in [-0.39, 0.29) is 5.91 Å². The summed E-state index contributed by atoms with van der Waals surface area (Å²) in [5.41, 5.74) is 2.37. The van der Waals surface area contributed by atoms with Gasteiger partial charge in [0.2, 0.25) is 5.91 Å². The molecule has 2 heterocycles. The topological polar surface area (TPSA) is 45.2 Å². The van der Waals surface area contributed by atoms with Gasteiger partial charge in [0, 0.05) is 44.6 Å². The Kier molecular flexibility index (Phi) is 5.64. The molecule has 1 saturated heterocycles. The molecule has 1 aromatic carbocycles. The van der Waals surface area contributed by atoms with Crippen molar-refractivity contribution in [1.29, 1.82) is 0 Å². The van der Waals surface area contributed by atoms with Crippen LogP contribution in [0.15, 0.2) is 60.9 Å². The van der Waals surface area contributed by atoms with Gasteiger partial charge in [0.15, 0.2) is 0 Å². The van der Waals surface area contributed by atoms with Crippen LogP contribution in [-0.4, -0.2) is 42.0 Å². The molecule has 2 fully saturated rings. The van der Waals surface area contributed by atoms with E-state index in [1.807, 2.05) is 12.1 Å². The van der Waals surface area contributed by atoms with Crippen molar-refractivity contribution >= 4 is 12.0 Å². The van der Waals surface area contributed by atoms with Crippen LogP contribution >= 0.6 is 0 Å². The summed E-state index contributed by atoms with van der Waals surface area (Å²) >= 11 is 0. The van der Waals surface area contributed by atoms with Crippen molar-refractivity contribution in [2.75, 3.05) is 26.2 Å². The maximum Gasteiger partial charge on any atom is 0.244 e. The van der Waals surface area contributed by atoms with Gasteiger partial charge < -0.3 is 10.2 Å². The number of fused-ring (bicyclic) bond motifs is 1. The maximum atomic E-state index is 11.9. The van der Waals surface area contributed by atoms with Crippen molar-refractivity contribution in [1.82, 2.24) is 15.2 Å². The molecule has 1 amide bonds. The van der Waals surface area contributed by atoms with Crippen LogP contribution in [0.2, 0.25) is 0 Å². The number of aromatic nitrogens is 1. The van der Waals surface area contributed by atoms with Crippen LogP contribution in [-0.2, 0) is 11.2 Å². The minimum absolute atomic E-state index is 0.0193. The highest BCUT2D eigenvalue weighted by molar-refractivity contribution is 5.91. The zero-order chi connectivity index (χ0) is 18.5. The number of piperidine rings is 1. The molecule has 1 aliphatic heterocycles. The highest BCUT2D eigenvalue weighted by atomic mass is 16.1. The van der Waals surface area contributed by atoms with E-state index in [4.69, 9.17) is 0 Å². The van der Waals surface area contributed by atoms with Gasteiger partial charge in [-0.25, -0.2) is 0 Å². The molecule has 4 rings (SSSR count). The van der Waals surface area contributed by atoms with Crippen LogP contribution in [0.1, 0.15) is 17.5 Å². The number of nitrogens with one attached hydrogen (secondary N) is 1. The first-order valence-electron chi connectivity index (χ1n) is 9.92. The fraction of sp³-hybridized carbons (Fsp3) is 0.391. The van der Waals surface area contributed by atoms with Crippen molar-refractivity contribution in [3.63, 3.8) is 0 Å². The maximum absolute atomic E-state index is 11.9. The quantitative estimate of drug-likeness (QED) is 0.735. The number of benzene rings is 1. The standard InChI is InChI=1S/C23H27N3O/c27-23(9-8-19-7-4-12-24-15-19)25-13-10-20-21-16-26(17-22(20)21)14-11-18-5-2-1-3-6-18/h1-9,12,15,20-22H,10-11,13-14,16-17H2,(H,25,27)/b9-8+/t20?,21-,22+. The molecule has 0 radical (unpaired) electrons. The van der Waals surface area contributed by atoms with Gasteiger partial charge >= 0.3 is 0 Å². The van der Waals surface area contributed by atoms with Gasteiger partial charge in [-0.15, -0.1) is 0 Å². The van der Waals surface area contributed by atoms with E-state index in [1.54, 1.807) is 24.5 Å². The van der Waals surface area contributed by atoms with Gasteiger partial charge in [-0.2, -0.15) is 0 Å². The molecule has 27 heavy (non-hydrogen) atoms. The van der Waals surface area contributed by atoms with Crippen molar-refractivity contribution in [2.24, 2.45) is 17.8 Å². The summed E-state index contributed by atoms with van der Waals surface area (Å²) in [5, 5.41) is 3.01. The van der Waals surface area contributed by atoms with Crippen LogP contribution in [0, 0.1) is 17.8 Å². The van der Waals surface area contributed by atoms with E-state index in [9.17, 15) is 4.79 Å². The van der Waals surface area contributed by atoms with E-state index in [2.05, 4.69) is 45.5 Å². The number of rotatable bonds is 8. The van der Waals surface area contributed by atoms with Crippen LogP contribution in [0.25, 0.3) is 6.08 Å². The summed E-state index contributed by atoms with van der Waals surface area (Å²) in [6.45, 7) is 4.41. The third-order valence-electron chi connectivity index (χ3n) is 5.89. The van der Waals surface area contributed by atoms with Gasteiger partial charge in [0.05, 0.1) is 0 Å². The molecule has 1 saturated carbocycles. The first-order chi connectivity index (χ1) is 13.3. The molecule has 1 N–H and O–H groups in total. The Morgan fingerprint density at radius 3 is 2.70 bits per heavy atom. The average molecular weight is 361 g/mol. The molecule has 4 nitrogen and oxygen atoms in total. The van der Waals surface area contributed by atoms with Crippen LogP contribution in [0.4, 0.5) is 0 Å². The number of likely N-dealkylation sites (tertiary alicyclic amines) is 1. The molecule has 140 valence electrons. The molecule has 3 atom stereocenters. The molecule has 0 bridgehead atoms. The van der Waals surface area contributed by atoms with Gasteiger partial charge in [-0.3, -0.25) is 9.78 Å². The lowest BCUT2D eigenvalue weighted by Crippen LogP contribution is -2.28. The van der Waals surface area contributed by atoms with Crippen molar-refractivity contribution in [3.8, 4) is 0 Å². The van der Waals surface area contributed by atoms with E-state index in [0.717, 1.165) is 42.7 Å². The molecule has 2 aliphatic rings. The molecular formula is C23H27N3O. The van der Waals surface area contributed by atoms with Crippen molar-refractivity contribution < 1.29 is 4.79 Å². The fourth-order valence-corrected chi connectivity index (χ4v) is 4.35. The van der Waals surface area contributed by atoms with Gasteiger partial charge in [0.25, 0.3) is 0 Å². The monoisotopic (exact) mass is 361 g/mol. The number of pyridine rings is 1. The molecule has 1 aromatic heterocycles. The lowest BCUT2D eigenvalue weighted by atomic mass is 10.1. The molecule has 2 aromatic rings. The summed E-state index contributed by atoms with van der Waals surface area (Å²) in [5.74, 6) is 2.49. The predicted molar refractivity (Wildman–Crippen MR) is 108 cm³/mol. The van der Waals surface area contributed by atoms with E-state index in [1.165, 1.54) is 25.2 Å². The third-order valence-corrected chi connectivity index (χ3v) is 5.89. The summed E-state index contributed by atoms with van der Waals surface area (Å²) in [6, 6.07) is 14.5. The lowest BCUT2D eigenvalue weighted by molar-refractivity contribution is -0.116. The van der Waals surface area contributed by atoms with Crippen LogP contribution < -0.4 is 5.32 Å². The zero-order valence-electron chi connectivity index (χ0n) is 15.6. The molecule has 0 spiro atoms. The average Bonchev–Trinajstić information content (AvgIpc) is 3.16. The summed E-state index contributed by atoms with van der Waals surface area (Å²) < 4.78 is 0. The summed E-state index contributed by atoms with van der Waals surface area (Å²) in [7, 11) is 0. The van der Waals surface area contributed by atoms with Gasteiger partial charge in [-0.05, 0) is 53.9 Å². The smallest absolute Gasteiger partial charge is 0.244 e. The minimum Gasteiger partial charge on any atom is -0.353 e. The second kappa shape index (κ2) is 8.49. The zero-order valence-corrected chi connectivity index (χ0v) is 15.6. The number of carbonyl (C=O) groups excluding carboxylic acids is 1. The third kappa shape index (κ3) is 4.83. The Morgan fingerprint density at radius 1 is 1.15 bits per heavy atom. The van der Waals surface area contributed by atoms with Crippen LogP contribution in [0.3, 0.4) is 0 Å². The largest absolute Gasteiger partial charge is 0.353 e. The lowest BCUT2D eigenvalue weighted by Gasteiger charge is -2.19. The number of amides is 1. The van der Waals surface area contributed by atoms with E-state index in [0.29, 0.717) is 0 Å². The number of hydrogen-bond donors (Lipinski definition) is 1. The van der Waals surface area contributed by atoms with Gasteiger partial charge in [0.1, 0.15) is 0 Å². The second-order valence-corrected chi connectivity index (χ2v) is 7.69. The highest BCUT2D eigenvalue weighted by Crippen LogP contribution is 2.53. The summed E-state index contributed by atoms with van der Waals surface area (Å²) in [4.78, 5) is 18.6. The fourth-order valence-electron chi connectivity index (χ4n) is 4.35. The Balaban J connectivity index is 1.11. The molecule has 1 aliphatic carbocycles. The highest BCUT2D eigenvalue weighted by Gasteiger charge is 2.54. The van der Waals surface area contributed by atoms with Crippen LogP contribution in [0.5, 0.6) is 0 Å². The molecule has 4 heteroatoms. The normalized spacial score (nSPS) is 24.1. The Morgan fingerprint density at radius 2 is 1.96 bits per heavy atom. The Bertz CT molecular complexity index is 763. The van der Waals surface area contributed by atoms with Crippen molar-refractivity contribution in [3.05, 3.63) is 72.1 Å². The number of nitrogens with zero attached hydrogens (tertiary/aromatic N) is 2.